The maximum absolute atomic E-state index is 13.1. The molecular weight excluding hydrogens is 436 g/mol. The van der Waals surface area contributed by atoms with Gasteiger partial charge < -0.3 is 43.8 Å². The molecule has 1 saturated heterocycles. The molecule has 10 nitrogen and oxygen atoms in total. The molecule has 1 aliphatic heterocycles. The number of methoxy groups -OCH3 is 2. The van der Waals surface area contributed by atoms with Gasteiger partial charge in [-0.05, 0) is 17.7 Å². The molecule has 0 amide bonds. The Morgan fingerprint density at radius 2 is 1.67 bits per heavy atom. The number of hydrogen-bond acceptors (Lipinski definition) is 10. The number of rotatable bonds is 6. The smallest absolute Gasteiger partial charge is 0.229 e. The summed E-state index contributed by atoms with van der Waals surface area (Å²) in [6.45, 7) is -0.559. The molecule has 0 aliphatic carbocycles. The van der Waals surface area contributed by atoms with Gasteiger partial charge in [-0.25, -0.2) is 0 Å². The molecule has 4 N–H and O–H groups in total. The Morgan fingerprint density at radius 3 is 2.30 bits per heavy atom. The molecule has 4 rings (SSSR count). The topological polar surface area (TPSA) is 148 Å². The van der Waals surface area contributed by atoms with E-state index in [9.17, 15) is 25.2 Å². The Bertz CT molecular complexity index is 1170. The zero-order valence-corrected chi connectivity index (χ0v) is 17.9. The van der Waals surface area contributed by atoms with Gasteiger partial charge in [0.05, 0.1) is 26.4 Å². The Morgan fingerprint density at radius 1 is 0.939 bits per heavy atom. The van der Waals surface area contributed by atoms with Crippen molar-refractivity contribution in [3.05, 3.63) is 52.9 Å². The molecule has 33 heavy (non-hydrogen) atoms. The third-order valence-electron chi connectivity index (χ3n) is 5.54. The number of ether oxygens (including phenoxy) is 4. The Balaban J connectivity index is 1.61. The van der Waals surface area contributed by atoms with Crippen molar-refractivity contribution in [1.82, 2.24) is 0 Å². The van der Waals surface area contributed by atoms with Crippen LogP contribution in [0.2, 0.25) is 0 Å². The van der Waals surface area contributed by atoms with Gasteiger partial charge in [-0.1, -0.05) is 12.1 Å². The van der Waals surface area contributed by atoms with E-state index in [4.69, 9.17) is 23.4 Å². The fraction of sp³-hybridized carbons (Fsp3) is 0.348. The van der Waals surface area contributed by atoms with Crippen molar-refractivity contribution >= 4 is 11.0 Å². The zero-order chi connectivity index (χ0) is 23.7. The van der Waals surface area contributed by atoms with Gasteiger partial charge in [0, 0.05) is 12.1 Å². The van der Waals surface area contributed by atoms with Crippen LogP contribution in [-0.4, -0.2) is 72.0 Å². The Kier molecular flexibility index (Phi) is 6.54. The zero-order valence-electron chi connectivity index (χ0n) is 17.9. The van der Waals surface area contributed by atoms with Crippen LogP contribution < -0.4 is 19.6 Å². The number of benzene rings is 2. The highest BCUT2D eigenvalue weighted by Gasteiger charge is 2.44. The summed E-state index contributed by atoms with van der Waals surface area (Å²) in [6, 6.07) is 9.53. The lowest BCUT2D eigenvalue weighted by atomic mass is 9.99. The van der Waals surface area contributed by atoms with Gasteiger partial charge in [0.1, 0.15) is 58.9 Å². The third kappa shape index (κ3) is 4.26. The molecule has 3 aromatic rings. The first-order valence-corrected chi connectivity index (χ1v) is 10.1. The molecule has 2 heterocycles. The van der Waals surface area contributed by atoms with Crippen molar-refractivity contribution in [1.29, 1.82) is 0 Å². The van der Waals surface area contributed by atoms with Crippen molar-refractivity contribution in [3.8, 4) is 28.4 Å². The van der Waals surface area contributed by atoms with Crippen molar-refractivity contribution in [2.75, 3.05) is 20.8 Å². The van der Waals surface area contributed by atoms with E-state index >= 15 is 0 Å². The quantitative estimate of drug-likeness (QED) is 0.413. The van der Waals surface area contributed by atoms with E-state index in [1.165, 1.54) is 20.5 Å². The van der Waals surface area contributed by atoms with E-state index in [1.807, 2.05) is 0 Å². The molecule has 176 valence electrons. The highest BCUT2D eigenvalue weighted by molar-refractivity contribution is 5.88. The first-order valence-electron chi connectivity index (χ1n) is 10.1. The van der Waals surface area contributed by atoms with Gasteiger partial charge in [0.25, 0.3) is 0 Å². The summed E-state index contributed by atoms with van der Waals surface area (Å²) >= 11 is 0. The summed E-state index contributed by atoms with van der Waals surface area (Å²) in [5.74, 6) is 1.09. The minimum absolute atomic E-state index is 0.274. The average Bonchev–Trinajstić information content (AvgIpc) is 2.84. The van der Waals surface area contributed by atoms with E-state index in [1.54, 1.807) is 36.4 Å². The van der Waals surface area contributed by atoms with Crippen LogP contribution in [0.25, 0.3) is 22.1 Å². The molecule has 0 unspecified atom stereocenters. The summed E-state index contributed by atoms with van der Waals surface area (Å²) < 4.78 is 27.1. The lowest BCUT2D eigenvalue weighted by Gasteiger charge is -2.39. The van der Waals surface area contributed by atoms with Crippen LogP contribution in [0.15, 0.2) is 51.9 Å². The summed E-state index contributed by atoms with van der Waals surface area (Å²) in [6.07, 6.45) is -5.59. The van der Waals surface area contributed by atoms with E-state index in [2.05, 4.69) is 0 Å². The molecule has 1 fully saturated rings. The predicted octanol–water partition coefficient (Wildman–Crippen LogP) is 0.656. The Hall–Kier alpha value is -3.15. The fourth-order valence-electron chi connectivity index (χ4n) is 3.68. The molecular formula is C23H24O10. The van der Waals surface area contributed by atoms with Crippen LogP contribution in [-0.2, 0) is 4.74 Å². The van der Waals surface area contributed by atoms with E-state index in [0.29, 0.717) is 28.2 Å². The molecule has 1 aromatic heterocycles. The number of aliphatic hydroxyl groups is 4. The molecule has 0 spiro atoms. The van der Waals surface area contributed by atoms with Gasteiger partial charge in [0.2, 0.25) is 11.7 Å². The van der Waals surface area contributed by atoms with Gasteiger partial charge in [-0.2, -0.15) is 0 Å². The number of hydrogen-bond donors (Lipinski definition) is 4. The van der Waals surface area contributed by atoms with Gasteiger partial charge >= 0.3 is 0 Å². The standard InChI is InChI=1S/C23H24O10/c1-29-13-7-15(30-2)18-16(8-13)31-10-14(19(18)25)11-3-5-12(6-4-11)32-23-22(28)21(27)20(26)17(9-24)33-23/h3-8,10,17,20-24,26-28H,9H2,1-2H3/t17-,20-,21+,22-,23-/m0/s1. The predicted molar refractivity (Wildman–Crippen MR) is 115 cm³/mol. The van der Waals surface area contributed by atoms with E-state index < -0.39 is 37.3 Å². The molecule has 10 heteroatoms. The normalized spacial score (nSPS) is 25.1. The fourth-order valence-corrected chi connectivity index (χ4v) is 3.68. The molecule has 0 bridgehead atoms. The molecule has 0 saturated carbocycles. The summed E-state index contributed by atoms with van der Waals surface area (Å²) in [4.78, 5) is 13.1. The van der Waals surface area contributed by atoms with Gasteiger partial charge in [-0.15, -0.1) is 0 Å². The lowest BCUT2D eigenvalue weighted by molar-refractivity contribution is -0.277. The van der Waals surface area contributed by atoms with Crippen LogP contribution in [0.5, 0.6) is 17.2 Å². The van der Waals surface area contributed by atoms with Crippen molar-refractivity contribution in [2.24, 2.45) is 0 Å². The summed E-state index contributed by atoms with van der Waals surface area (Å²) in [5.41, 5.74) is 0.871. The highest BCUT2D eigenvalue weighted by atomic mass is 16.7. The van der Waals surface area contributed by atoms with E-state index in [0.717, 1.165) is 0 Å². The van der Waals surface area contributed by atoms with Crippen LogP contribution in [0.1, 0.15) is 0 Å². The largest absolute Gasteiger partial charge is 0.496 e. The van der Waals surface area contributed by atoms with Crippen molar-refractivity contribution in [3.63, 3.8) is 0 Å². The van der Waals surface area contributed by atoms with Crippen LogP contribution in [0.3, 0.4) is 0 Å². The molecule has 1 aliphatic rings. The van der Waals surface area contributed by atoms with Gasteiger partial charge in [0.15, 0.2) is 0 Å². The second kappa shape index (κ2) is 9.38. The molecule has 2 aromatic carbocycles. The SMILES string of the molecule is COc1cc(OC)c2c(=O)c(-c3ccc(O[C@H]4O[C@@H](CO)[C@H](O)[C@@H](O)[C@@H]4O)cc3)coc2c1. The minimum Gasteiger partial charge on any atom is -0.496 e. The lowest BCUT2D eigenvalue weighted by Crippen LogP contribution is -2.60. The van der Waals surface area contributed by atoms with Gasteiger partial charge in [-0.3, -0.25) is 4.79 Å². The Labute approximate surface area is 188 Å². The second-order valence-corrected chi connectivity index (χ2v) is 7.52. The third-order valence-corrected chi connectivity index (χ3v) is 5.54. The van der Waals surface area contributed by atoms with Crippen LogP contribution >= 0.6 is 0 Å². The van der Waals surface area contributed by atoms with Crippen molar-refractivity contribution < 1.29 is 43.8 Å². The van der Waals surface area contributed by atoms with E-state index in [-0.39, 0.29) is 16.6 Å². The number of fused-ring (bicyclic) bond motifs is 1. The average molecular weight is 460 g/mol. The number of aliphatic hydroxyl groups excluding tert-OH is 4. The monoisotopic (exact) mass is 460 g/mol. The minimum atomic E-state index is -1.55. The second-order valence-electron chi connectivity index (χ2n) is 7.52. The molecule has 0 radical (unpaired) electrons. The van der Waals surface area contributed by atoms with Crippen LogP contribution in [0.4, 0.5) is 0 Å². The maximum Gasteiger partial charge on any atom is 0.229 e. The first-order chi connectivity index (χ1) is 15.9. The maximum atomic E-state index is 13.1. The van der Waals surface area contributed by atoms with Crippen molar-refractivity contribution in [2.45, 2.75) is 30.7 Å². The molecule has 5 atom stereocenters. The summed E-state index contributed by atoms with van der Waals surface area (Å²) in [7, 11) is 2.95. The van der Waals surface area contributed by atoms with Crippen LogP contribution in [0, 0.1) is 0 Å². The first kappa shape index (κ1) is 23.0. The highest BCUT2D eigenvalue weighted by Crippen LogP contribution is 2.32. The summed E-state index contributed by atoms with van der Waals surface area (Å²) in [5, 5.41) is 39.5.